The summed E-state index contributed by atoms with van der Waals surface area (Å²) in [4.78, 5) is 13.7. The Bertz CT molecular complexity index is 1190. The summed E-state index contributed by atoms with van der Waals surface area (Å²) in [6.07, 6.45) is 6.43. The molecule has 3 aromatic heterocycles. The number of benzene rings is 1. The Morgan fingerprint density at radius 2 is 1.93 bits per heavy atom. The normalized spacial score (nSPS) is 10.7. The van der Waals surface area contributed by atoms with Crippen LogP contribution >= 0.6 is 0 Å². The summed E-state index contributed by atoms with van der Waals surface area (Å²) in [5.74, 6) is 0.884. The van der Waals surface area contributed by atoms with Gasteiger partial charge >= 0.3 is 0 Å². The van der Waals surface area contributed by atoms with E-state index in [1.165, 1.54) is 0 Å². The lowest BCUT2D eigenvalue weighted by molar-refractivity contribution is 0.762. The fraction of sp³-hybridized carbons (Fsp3) is 0.167. The Morgan fingerprint density at radius 1 is 1.03 bits per heavy atom. The molecule has 0 saturated heterocycles. The average Bonchev–Trinajstić information content (AvgIpc) is 3.15. The lowest BCUT2D eigenvalue weighted by atomic mass is 10.0. The summed E-state index contributed by atoms with van der Waals surface area (Å²) in [6.45, 7) is 3.16. The standard InChI is InChI=1S/C24H22N6/c1-17-29-24(23-4-2-3-11-27-23)16-30(17)15-20-12-19(13-26)5-7-21(20)22-8-6-18(9-10-25)14-28-22/h2-8,11-12,14,16H,9-10,15,25H2,1H3. The highest BCUT2D eigenvalue weighted by Crippen LogP contribution is 2.26. The highest BCUT2D eigenvalue weighted by atomic mass is 15.1. The molecule has 0 atom stereocenters. The van der Waals surface area contributed by atoms with Crippen molar-refractivity contribution in [3.63, 3.8) is 0 Å². The van der Waals surface area contributed by atoms with E-state index in [1.807, 2.05) is 61.8 Å². The van der Waals surface area contributed by atoms with Crippen LogP contribution in [0, 0.1) is 18.3 Å². The minimum absolute atomic E-state index is 0.586. The molecule has 3 heterocycles. The van der Waals surface area contributed by atoms with Gasteiger partial charge in [0, 0.05) is 30.7 Å². The van der Waals surface area contributed by atoms with Crippen LogP contribution in [0.15, 0.2) is 67.1 Å². The second-order valence-electron chi connectivity index (χ2n) is 7.09. The number of nitrogens with two attached hydrogens (primary N) is 1. The van der Waals surface area contributed by atoms with E-state index in [9.17, 15) is 5.26 Å². The number of imidazole rings is 1. The van der Waals surface area contributed by atoms with Crippen molar-refractivity contribution in [2.75, 3.05) is 6.54 Å². The van der Waals surface area contributed by atoms with Gasteiger partial charge in [0.15, 0.2) is 0 Å². The molecule has 0 radical (unpaired) electrons. The van der Waals surface area contributed by atoms with Crippen LogP contribution in [0.5, 0.6) is 0 Å². The van der Waals surface area contributed by atoms with E-state index in [-0.39, 0.29) is 0 Å². The maximum absolute atomic E-state index is 9.39. The molecular formula is C24H22N6. The SMILES string of the molecule is Cc1nc(-c2ccccn2)cn1Cc1cc(C#N)ccc1-c1ccc(CCN)cn1. The van der Waals surface area contributed by atoms with Gasteiger partial charge in [0.25, 0.3) is 0 Å². The average molecular weight is 394 g/mol. The minimum Gasteiger partial charge on any atom is -0.330 e. The summed E-state index contributed by atoms with van der Waals surface area (Å²) in [5.41, 5.74) is 11.9. The Balaban J connectivity index is 1.70. The van der Waals surface area contributed by atoms with Crippen LogP contribution in [0.3, 0.4) is 0 Å². The monoisotopic (exact) mass is 394 g/mol. The van der Waals surface area contributed by atoms with Crippen LogP contribution < -0.4 is 5.73 Å². The molecule has 0 unspecified atom stereocenters. The molecule has 6 heteroatoms. The first-order chi connectivity index (χ1) is 14.7. The van der Waals surface area contributed by atoms with Gasteiger partial charge in [-0.2, -0.15) is 5.26 Å². The van der Waals surface area contributed by atoms with Gasteiger partial charge in [-0.1, -0.05) is 18.2 Å². The first kappa shape index (κ1) is 19.5. The second-order valence-corrected chi connectivity index (χ2v) is 7.09. The molecule has 0 aliphatic rings. The van der Waals surface area contributed by atoms with Crippen molar-refractivity contribution >= 4 is 0 Å². The lowest BCUT2D eigenvalue weighted by Gasteiger charge is -2.12. The van der Waals surface area contributed by atoms with Gasteiger partial charge in [-0.3, -0.25) is 9.97 Å². The minimum atomic E-state index is 0.586. The summed E-state index contributed by atoms with van der Waals surface area (Å²) in [7, 11) is 0. The predicted molar refractivity (Wildman–Crippen MR) is 116 cm³/mol. The summed E-state index contributed by atoms with van der Waals surface area (Å²) in [5, 5.41) is 9.39. The molecule has 0 amide bonds. The largest absolute Gasteiger partial charge is 0.330 e. The first-order valence-corrected chi connectivity index (χ1v) is 9.81. The summed E-state index contributed by atoms with van der Waals surface area (Å²) < 4.78 is 2.08. The molecule has 0 aliphatic carbocycles. The lowest BCUT2D eigenvalue weighted by Crippen LogP contribution is -2.04. The highest BCUT2D eigenvalue weighted by Gasteiger charge is 2.12. The summed E-state index contributed by atoms with van der Waals surface area (Å²) in [6, 6.07) is 17.8. The second kappa shape index (κ2) is 8.68. The predicted octanol–water partition coefficient (Wildman–Crippen LogP) is 3.74. The summed E-state index contributed by atoms with van der Waals surface area (Å²) >= 11 is 0. The molecule has 30 heavy (non-hydrogen) atoms. The van der Waals surface area contributed by atoms with E-state index in [0.29, 0.717) is 18.7 Å². The molecule has 2 N–H and O–H groups in total. The number of hydrogen-bond acceptors (Lipinski definition) is 5. The van der Waals surface area contributed by atoms with E-state index in [1.54, 1.807) is 6.20 Å². The Morgan fingerprint density at radius 3 is 2.63 bits per heavy atom. The number of aromatic nitrogens is 4. The maximum atomic E-state index is 9.39. The molecule has 0 saturated carbocycles. The zero-order valence-corrected chi connectivity index (χ0v) is 16.8. The van der Waals surface area contributed by atoms with Crippen molar-refractivity contribution in [3.8, 4) is 28.7 Å². The van der Waals surface area contributed by atoms with Crippen molar-refractivity contribution < 1.29 is 0 Å². The molecule has 1 aromatic carbocycles. The highest BCUT2D eigenvalue weighted by molar-refractivity contribution is 5.65. The Labute approximate surface area is 175 Å². The molecule has 4 rings (SSSR count). The van der Waals surface area contributed by atoms with E-state index in [4.69, 9.17) is 5.73 Å². The Kier molecular flexibility index (Phi) is 5.64. The maximum Gasteiger partial charge on any atom is 0.107 e. The van der Waals surface area contributed by atoms with Crippen molar-refractivity contribution in [1.82, 2.24) is 19.5 Å². The molecule has 0 fully saturated rings. The van der Waals surface area contributed by atoms with Gasteiger partial charge in [0.2, 0.25) is 0 Å². The molecule has 6 nitrogen and oxygen atoms in total. The van der Waals surface area contributed by atoms with Crippen LogP contribution in [0.1, 0.15) is 22.5 Å². The number of nitriles is 1. The van der Waals surface area contributed by atoms with E-state index >= 15 is 0 Å². The molecule has 0 bridgehead atoms. The third kappa shape index (κ3) is 4.12. The van der Waals surface area contributed by atoms with Crippen LogP contribution in [0.4, 0.5) is 0 Å². The van der Waals surface area contributed by atoms with Crippen molar-refractivity contribution in [1.29, 1.82) is 5.26 Å². The van der Waals surface area contributed by atoms with Crippen LogP contribution in [0.25, 0.3) is 22.6 Å². The van der Waals surface area contributed by atoms with Gasteiger partial charge in [0.1, 0.15) is 11.5 Å². The third-order valence-corrected chi connectivity index (χ3v) is 5.01. The van der Waals surface area contributed by atoms with Crippen molar-refractivity contribution in [3.05, 3.63) is 89.6 Å². The van der Waals surface area contributed by atoms with Crippen LogP contribution in [-0.2, 0) is 13.0 Å². The van der Waals surface area contributed by atoms with E-state index in [0.717, 1.165) is 46.0 Å². The van der Waals surface area contributed by atoms with Gasteiger partial charge in [0.05, 0.1) is 23.0 Å². The van der Waals surface area contributed by atoms with Gasteiger partial charge < -0.3 is 10.3 Å². The number of aryl methyl sites for hydroxylation is 1. The molecule has 4 aromatic rings. The zero-order chi connectivity index (χ0) is 20.9. The fourth-order valence-electron chi connectivity index (χ4n) is 3.43. The van der Waals surface area contributed by atoms with Crippen LogP contribution in [0.2, 0.25) is 0 Å². The van der Waals surface area contributed by atoms with Gasteiger partial charge in [-0.05, 0) is 61.3 Å². The molecule has 0 spiro atoms. The molecule has 148 valence electrons. The zero-order valence-electron chi connectivity index (χ0n) is 16.8. The van der Waals surface area contributed by atoms with Gasteiger partial charge in [-0.15, -0.1) is 0 Å². The third-order valence-electron chi connectivity index (χ3n) is 5.01. The fourth-order valence-corrected chi connectivity index (χ4v) is 3.43. The number of rotatable bonds is 6. The van der Waals surface area contributed by atoms with E-state index in [2.05, 4.69) is 31.7 Å². The van der Waals surface area contributed by atoms with E-state index < -0.39 is 0 Å². The van der Waals surface area contributed by atoms with Crippen molar-refractivity contribution in [2.24, 2.45) is 5.73 Å². The van der Waals surface area contributed by atoms with Crippen molar-refractivity contribution in [2.45, 2.75) is 19.9 Å². The van der Waals surface area contributed by atoms with Crippen LogP contribution in [-0.4, -0.2) is 26.1 Å². The first-order valence-electron chi connectivity index (χ1n) is 9.81. The van der Waals surface area contributed by atoms with Gasteiger partial charge in [-0.25, -0.2) is 4.98 Å². The Hall–Kier alpha value is -3.82. The quantitative estimate of drug-likeness (QED) is 0.538. The number of nitrogens with zero attached hydrogens (tertiary/aromatic N) is 5. The number of pyridine rings is 2. The topological polar surface area (TPSA) is 93.4 Å². The molecule has 0 aliphatic heterocycles. The molecular weight excluding hydrogens is 372 g/mol. The smallest absolute Gasteiger partial charge is 0.107 e. The number of hydrogen-bond donors (Lipinski definition) is 1.